The first-order valence-electron chi connectivity index (χ1n) is 10.4. The van der Waals surface area contributed by atoms with Gasteiger partial charge in [0.1, 0.15) is 6.61 Å². The highest BCUT2D eigenvalue weighted by atomic mass is 16.6. The number of ether oxygens (including phenoxy) is 1. The van der Waals surface area contributed by atoms with E-state index < -0.39 is 0 Å². The molecule has 0 atom stereocenters. The van der Waals surface area contributed by atoms with E-state index in [1.807, 2.05) is 38.1 Å². The first-order valence-corrected chi connectivity index (χ1v) is 10.4. The van der Waals surface area contributed by atoms with E-state index in [1.54, 1.807) is 4.90 Å². The Morgan fingerprint density at radius 1 is 1.00 bits per heavy atom. The van der Waals surface area contributed by atoms with Crippen molar-refractivity contribution in [3.05, 3.63) is 59.7 Å². The van der Waals surface area contributed by atoms with Crippen LogP contribution in [-0.4, -0.2) is 42.6 Å². The maximum atomic E-state index is 12.6. The first-order chi connectivity index (χ1) is 14.0. The molecule has 0 spiro atoms. The fourth-order valence-corrected chi connectivity index (χ4v) is 4.41. The Kier molecular flexibility index (Phi) is 5.56. The first kappa shape index (κ1) is 19.5. The molecule has 2 aromatic carbocycles. The second kappa shape index (κ2) is 8.27. The Labute approximate surface area is 172 Å². The van der Waals surface area contributed by atoms with E-state index >= 15 is 0 Å². The highest BCUT2D eigenvalue weighted by Gasteiger charge is 2.31. The highest BCUT2D eigenvalue weighted by molar-refractivity contribution is 5.80. The number of likely N-dealkylation sites (tertiary alicyclic amines) is 1. The van der Waals surface area contributed by atoms with Gasteiger partial charge in [0.05, 0.1) is 0 Å². The average molecular weight is 392 g/mol. The molecule has 152 valence electrons. The van der Waals surface area contributed by atoms with Crippen LogP contribution in [0.5, 0.6) is 0 Å². The minimum atomic E-state index is -0.283. The number of rotatable bonds is 4. The molecule has 1 aliphatic carbocycles. The van der Waals surface area contributed by atoms with Crippen molar-refractivity contribution >= 4 is 12.0 Å². The largest absolute Gasteiger partial charge is 0.448 e. The zero-order valence-corrected chi connectivity index (χ0v) is 17.1. The van der Waals surface area contributed by atoms with Crippen LogP contribution in [0.3, 0.4) is 0 Å². The summed E-state index contributed by atoms with van der Waals surface area (Å²) >= 11 is 0. The fourth-order valence-electron chi connectivity index (χ4n) is 4.41. The maximum absolute atomic E-state index is 12.6. The molecule has 2 aliphatic rings. The van der Waals surface area contributed by atoms with E-state index in [0.29, 0.717) is 32.5 Å². The van der Waals surface area contributed by atoms with Crippen LogP contribution < -0.4 is 5.32 Å². The Balaban J connectivity index is 1.36. The number of nitrogens with zero attached hydrogens (tertiary/aromatic N) is 1. The van der Waals surface area contributed by atoms with Crippen LogP contribution in [0.15, 0.2) is 48.5 Å². The third-order valence-electron chi connectivity index (χ3n) is 5.89. The molecule has 1 fully saturated rings. The van der Waals surface area contributed by atoms with Crippen LogP contribution in [0.2, 0.25) is 0 Å². The lowest BCUT2D eigenvalue weighted by Gasteiger charge is -2.31. The predicted octanol–water partition coefficient (Wildman–Crippen LogP) is 4.17. The molecule has 29 heavy (non-hydrogen) atoms. The molecule has 2 amide bonds. The number of carbonyl (C=O) groups is 2. The van der Waals surface area contributed by atoms with Gasteiger partial charge in [-0.25, -0.2) is 4.79 Å². The summed E-state index contributed by atoms with van der Waals surface area (Å²) in [6.45, 7) is 5.38. The summed E-state index contributed by atoms with van der Waals surface area (Å²) in [4.78, 5) is 26.5. The molecular weight excluding hydrogens is 364 g/mol. The van der Waals surface area contributed by atoms with Crippen molar-refractivity contribution in [3.8, 4) is 11.1 Å². The SMILES string of the molecule is CC(C)NC(=O)C1CCN(C(=O)OCC2c3ccccc3-c3ccccc32)CC1. The number of piperidine rings is 1. The Morgan fingerprint density at radius 2 is 1.55 bits per heavy atom. The van der Waals surface area contributed by atoms with E-state index in [-0.39, 0.29) is 29.9 Å². The number of fused-ring (bicyclic) bond motifs is 3. The molecule has 5 nitrogen and oxygen atoms in total. The molecule has 0 unspecified atom stereocenters. The van der Waals surface area contributed by atoms with Crippen LogP contribution in [0, 0.1) is 5.92 Å². The molecule has 1 N–H and O–H groups in total. The van der Waals surface area contributed by atoms with Crippen LogP contribution in [0.1, 0.15) is 43.7 Å². The standard InChI is InChI=1S/C24H28N2O3/c1-16(2)25-23(27)17-11-13-26(14-12-17)24(28)29-15-22-20-9-5-3-7-18(20)19-8-4-6-10-21(19)22/h3-10,16-17,22H,11-15H2,1-2H3,(H,25,27). The normalized spacial score (nSPS) is 16.4. The summed E-state index contributed by atoms with van der Waals surface area (Å²) in [5.41, 5.74) is 4.87. The van der Waals surface area contributed by atoms with Gasteiger partial charge < -0.3 is 15.0 Å². The lowest BCUT2D eigenvalue weighted by atomic mass is 9.96. The summed E-state index contributed by atoms with van der Waals surface area (Å²) in [5, 5.41) is 2.96. The van der Waals surface area contributed by atoms with Crippen LogP contribution in [-0.2, 0) is 9.53 Å². The molecular formula is C24H28N2O3. The predicted molar refractivity (Wildman–Crippen MR) is 113 cm³/mol. The van der Waals surface area contributed by atoms with Gasteiger partial charge in [-0.1, -0.05) is 48.5 Å². The van der Waals surface area contributed by atoms with Crippen molar-refractivity contribution in [2.24, 2.45) is 5.92 Å². The van der Waals surface area contributed by atoms with Gasteiger partial charge in [0.15, 0.2) is 0 Å². The van der Waals surface area contributed by atoms with E-state index in [0.717, 1.165) is 0 Å². The molecule has 0 radical (unpaired) electrons. The second-order valence-electron chi connectivity index (χ2n) is 8.23. The summed E-state index contributed by atoms with van der Waals surface area (Å²) in [5.74, 6) is 0.142. The lowest BCUT2D eigenvalue weighted by Crippen LogP contribution is -2.44. The van der Waals surface area contributed by atoms with Crippen LogP contribution in [0.4, 0.5) is 4.79 Å². The molecule has 1 aliphatic heterocycles. The molecule has 2 aromatic rings. The third kappa shape index (κ3) is 4.00. The number of hydrogen-bond donors (Lipinski definition) is 1. The van der Waals surface area contributed by atoms with Crippen molar-refractivity contribution in [2.75, 3.05) is 19.7 Å². The average Bonchev–Trinajstić information content (AvgIpc) is 3.05. The van der Waals surface area contributed by atoms with Crippen LogP contribution in [0.25, 0.3) is 11.1 Å². The quantitative estimate of drug-likeness (QED) is 0.849. The number of nitrogens with one attached hydrogen (secondary N) is 1. The van der Waals surface area contributed by atoms with E-state index in [2.05, 4.69) is 29.6 Å². The summed E-state index contributed by atoms with van der Waals surface area (Å²) < 4.78 is 5.73. The van der Waals surface area contributed by atoms with Crippen LogP contribution >= 0.6 is 0 Å². The van der Waals surface area contributed by atoms with Gasteiger partial charge in [0.2, 0.25) is 5.91 Å². The molecule has 0 aromatic heterocycles. The van der Waals surface area contributed by atoms with E-state index in [4.69, 9.17) is 4.74 Å². The molecule has 1 heterocycles. The van der Waals surface area contributed by atoms with Gasteiger partial charge in [-0.3, -0.25) is 4.79 Å². The zero-order chi connectivity index (χ0) is 20.4. The lowest BCUT2D eigenvalue weighted by molar-refractivity contribution is -0.126. The molecule has 1 saturated heterocycles. The smallest absolute Gasteiger partial charge is 0.409 e. The number of benzene rings is 2. The Bertz CT molecular complexity index is 855. The van der Waals surface area contributed by atoms with Gasteiger partial charge in [-0.15, -0.1) is 0 Å². The minimum absolute atomic E-state index is 0.0185. The van der Waals surface area contributed by atoms with E-state index in [1.165, 1.54) is 22.3 Å². The van der Waals surface area contributed by atoms with Crippen molar-refractivity contribution < 1.29 is 14.3 Å². The van der Waals surface area contributed by atoms with Crippen molar-refractivity contribution in [2.45, 2.75) is 38.6 Å². The molecule has 0 saturated carbocycles. The van der Waals surface area contributed by atoms with Gasteiger partial charge in [0, 0.05) is 31.0 Å². The van der Waals surface area contributed by atoms with Crippen molar-refractivity contribution in [3.63, 3.8) is 0 Å². The third-order valence-corrected chi connectivity index (χ3v) is 5.89. The van der Waals surface area contributed by atoms with Gasteiger partial charge >= 0.3 is 6.09 Å². The number of amides is 2. The molecule has 5 heteroatoms. The van der Waals surface area contributed by atoms with E-state index in [9.17, 15) is 9.59 Å². The van der Waals surface area contributed by atoms with Crippen molar-refractivity contribution in [1.82, 2.24) is 10.2 Å². The zero-order valence-electron chi connectivity index (χ0n) is 17.1. The summed E-state index contributed by atoms with van der Waals surface area (Å²) in [6.07, 6.45) is 1.08. The monoisotopic (exact) mass is 392 g/mol. The van der Waals surface area contributed by atoms with Crippen molar-refractivity contribution in [1.29, 1.82) is 0 Å². The van der Waals surface area contributed by atoms with Gasteiger partial charge in [-0.05, 0) is 48.9 Å². The molecule has 4 rings (SSSR count). The fraction of sp³-hybridized carbons (Fsp3) is 0.417. The van der Waals surface area contributed by atoms with Gasteiger partial charge in [-0.2, -0.15) is 0 Å². The van der Waals surface area contributed by atoms with Gasteiger partial charge in [0.25, 0.3) is 0 Å². The minimum Gasteiger partial charge on any atom is -0.448 e. The topological polar surface area (TPSA) is 58.6 Å². The maximum Gasteiger partial charge on any atom is 0.409 e. The Hall–Kier alpha value is -2.82. The molecule has 0 bridgehead atoms. The second-order valence-corrected chi connectivity index (χ2v) is 8.23. The number of carbonyl (C=O) groups excluding carboxylic acids is 2. The number of hydrogen-bond acceptors (Lipinski definition) is 3. The highest BCUT2D eigenvalue weighted by Crippen LogP contribution is 2.44. The summed E-state index contributed by atoms with van der Waals surface area (Å²) in [7, 11) is 0. The Morgan fingerprint density at radius 3 is 2.10 bits per heavy atom. The summed E-state index contributed by atoms with van der Waals surface area (Å²) in [6, 6.07) is 16.8.